The van der Waals surface area contributed by atoms with Crippen LogP contribution in [0.1, 0.15) is 19.4 Å². The van der Waals surface area contributed by atoms with Crippen molar-refractivity contribution in [3.63, 3.8) is 0 Å². The maximum absolute atomic E-state index is 12.3. The van der Waals surface area contributed by atoms with Crippen molar-refractivity contribution in [3.05, 3.63) is 60.2 Å². The van der Waals surface area contributed by atoms with Crippen LogP contribution in [-0.4, -0.2) is 18.1 Å². The molecule has 0 aliphatic carbocycles. The van der Waals surface area contributed by atoms with Gasteiger partial charge in [-0.05, 0) is 45.0 Å². The topological polar surface area (TPSA) is 91.3 Å². The fourth-order valence-corrected chi connectivity index (χ4v) is 3.33. The minimum Gasteiger partial charge on any atom is -0.343 e. The second kappa shape index (κ2) is 12.2. The lowest BCUT2D eigenvalue weighted by Crippen LogP contribution is -2.11. The zero-order valence-electron chi connectivity index (χ0n) is 15.0. The fourth-order valence-electron chi connectivity index (χ4n) is 1.65. The van der Waals surface area contributed by atoms with Gasteiger partial charge in [-0.25, -0.2) is 14.3 Å². The number of hydrogen-bond donors (Lipinski definition) is 1. The van der Waals surface area contributed by atoms with Gasteiger partial charge < -0.3 is 4.89 Å². The Morgan fingerprint density at radius 3 is 1.81 bits per heavy atom. The zero-order valence-corrected chi connectivity index (χ0v) is 16.8. The predicted molar refractivity (Wildman–Crippen MR) is 101 cm³/mol. The fraction of sp³-hybridized carbons (Fsp3) is 0.294. The molecule has 144 valence electrons. The summed E-state index contributed by atoms with van der Waals surface area (Å²) in [5.41, 5.74) is 1.05. The van der Waals surface area contributed by atoms with Crippen LogP contribution in [0.2, 0.25) is 0 Å². The van der Waals surface area contributed by atoms with Crippen LogP contribution in [0.5, 0.6) is 0 Å². The summed E-state index contributed by atoms with van der Waals surface area (Å²) in [4.78, 5) is 18.0. The summed E-state index contributed by atoms with van der Waals surface area (Å²) in [6.07, 6.45) is 0. The summed E-state index contributed by atoms with van der Waals surface area (Å²) in [6.45, 7) is 5.92. The molecule has 2 aromatic rings. The van der Waals surface area contributed by atoms with Gasteiger partial charge in [-0.3, -0.25) is 4.57 Å². The van der Waals surface area contributed by atoms with Crippen LogP contribution in [0, 0.1) is 6.92 Å². The summed E-state index contributed by atoms with van der Waals surface area (Å²) in [6, 6.07) is 15.5. The lowest BCUT2D eigenvalue weighted by Gasteiger charge is -2.15. The van der Waals surface area contributed by atoms with Gasteiger partial charge in [0, 0.05) is 5.30 Å². The van der Waals surface area contributed by atoms with E-state index in [4.69, 9.17) is 24.0 Å². The van der Waals surface area contributed by atoms with E-state index < -0.39 is 15.6 Å². The first kappa shape index (κ1) is 22.7. The van der Waals surface area contributed by atoms with E-state index >= 15 is 0 Å². The Balaban J connectivity index is 0.000000314. The van der Waals surface area contributed by atoms with Crippen LogP contribution in [0.25, 0.3) is 0 Å². The molecule has 0 spiro atoms. The molecule has 26 heavy (non-hydrogen) atoms. The highest BCUT2D eigenvalue weighted by Gasteiger charge is 2.30. The Morgan fingerprint density at radius 1 is 0.923 bits per heavy atom. The average molecular weight is 402 g/mol. The van der Waals surface area contributed by atoms with Gasteiger partial charge in [0.15, 0.2) is 0 Å². The van der Waals surface area contributed by atoms with E-state index in [9.17, 15) is 9.13 Å². The summed E-state index contributed by atoms with van der Waals surface area (Å²) in [5, 5.41) is 0.910. The quantitative estimate of drug-likeness (QED) is 0.410. The van der Waals surface area contributed by atoms with Crippen LogP contribution in [0.4, 0.5) is 0 Å². The van der Waals surface area contributed by atoms with Crippen molar-refractivity contribution >= 4 is 26.2 Å². The van der Waals surface area contributed by atoms with Crippen molar-refractivity contribution in [1.82, 2.24) is 0 Å². The van der Waals surface area contributed by atoms with Gasteiger partial charge in [-0.1, -0.05) is 35.9 Å². The highest BCUT2D eigenvalue weighted by molar-refractivity contribution is 7.62. The number of aryl methyl sites for hydroxylation is 1. The van der Waals surface area contributed by atoms with E-state index in [0.29, 0.717) is 10.6 Å². The van der Waals surface area contributed by atoms with Crippen molar-refractivity contribution in [3.8, 4) is 0 Å². The van der Waals surface area contributed by atoms with Crippen LogP contribution >= 0.6 is 15.6 Å². The molecule has 1 unspecified atom stereocenters. The maximum Gasteiger partial charge on any atom is 0.414 e. The van der Waals surface area contributed by atoms with Crippen LogP contribution in [-0.2, 0) is 28.3 Å². The van der Waals surface area contributed by atoms with Crippen molar-refractivity contribution in [1.29, 1.82) is 0 Å². The molecule has 9 heteroatoms. The Bertz CT molecular complexity index is 693. The van der Waals surface area contributed by atoms with E-state index in [1.54, 1.807) is 50.2 Å². The van der Waals surface area contributed by atoms with Gasteiger partial charge in [0.25, 0.3) is 0 Å². The van der Waals surface area contributed by atoms with Gasteiger partial charge in [-0.15, -0.1) is 9.35 Å². The van der Waals surface area contributed by atoms with Crippen LogP contribution in [0.15, 0.2) is 54.6 Å². The van der Waals surface area contributed by atoms with Gasteiger partial charge in [-0.2, -0.15) is 0 Å². The molecule has 1 atom stereocenters. The Labute approximate surface area is 154 Å². The Kier molecular flexibility index (Phi) is 10.6. The zero-order chi connectivity index (χ0) is 19.4. The molecule has 7 nitrogen and oxygen atoms in total. The summed E-state index contributed by atoms with van der Waals surface area (Å²) in [5.74, 6) is 0. The third-order valence-electron chi connectivity index (χ3n) is 2.91. The highest BCUT2D eigenvalue weighted by Crippen LogP contribution is 2.47. The smallest absolute Gasteiger partial charge is 0.343 e. The molecule has 0 aromatic heterocycles. The third-order valence-corrected chi connectivity index (χ3v) is 5.27. The molecule has 0 bridgehead atoms. The Morgan fingerprint density at radius 2 is 1.42 bits per heavy atom. The summed E-state index contributed by atoms with van der Waals surface area (Å²) >= 11 is 0. The largest absolute Gasteiger partial charge is 0.414 e. The molecule has 0 saturated heterocycles. The van der Waals surface area contributed by atoms with Crippen LogP contribution < -0.4 is 10.6 Å². The molecule has 2 rings (SSSR count). The number of hydrogen-bond acceptors (Lipinski definition) is 6. The van der Waals surface area contributed by atoms with E-state index in [-0.39, 0.29) is 13.2 Å². The second-order valence-corrected chi connectivity index (χ2v) is 7.96. The third kappa shape index (κ3) is 7.94. The molecule has 0 saturated carbocycles. The lowest BCUT2D eigenvalue weighted by molar-refractivity contribution is -0.260. The molecular formula is C17H24O7P2. The van der Waals surface area contributed by atoms with Gasteiger partial charge in [0.1, 0.15) is 0 Å². The Hall–Kier alpha value is -1.30. The van der Waals surface area contributed by atoms with Gasteiger partial charge in [0.2, 0.25) is 8.03 Å². The molecule has 2 aromatic carbocycles. The van der Waals surface area contributed by atoms with Crippen molar-refractivity contribution in [2.24, 2.45) is 0 Å². The van der Waals surface area contributed by atoms with Gasteiger partial charge in [0.05, 0.1) is 18.5 Å². The van der Waals surface area contributed by atoms with E-state index in [1.165, 1.54) is 0 Å². The van der Waals surface area contributed by atoms with Gasteiger partial charge >= 0.3 is 7.60 Å². The molecule has 0 radical (unpaired) electrons. The first-order valence-electron chi connectivity index (χ1n) is 8.01. The SMILES string of the molecule is CCOOP(=O)(OOCC)c1ccc(C)cc1.O=[PH](O)c1ccccc1. The van der Waals surface area contributed by atoms with E-state index in [2.05, 4.69) is 0 Å². The average Bonchev–Trinajstić information content (AvgIpc) is 2.66. The van der Waals surface area contributed by atoms with Crippen LogP contribution in [0.3, 0.4) is 0 Å². The molecule has 0 fully saturated rings. The van der Waals surface area contributed by atoms with Crippen molar-refractivity contribution in [2.45, 2.75) is 20.8 Å². The number of rotatable bonds is 8. The standard InChI is InChI=1S/C11H17O5P.C6H7O2P/c1-4-13-15-17(12,16-14-5-2)11-8-6-10(3)7-9-11;7-9(8)6-4-2-1-3-5-6/h6-9H,4-5H2,1-3H3;1-5,9H,(H,7,8). The molecule has 1 N–H and O–H groups in total. The second-order valence-electron chi connectivity index (χ2n) is 4.97. The minimum atomic E-state index is -3.57. The summed E-state index contributed by atoms with van der Waals surface area (Å²) in [7, 11) is -6.03. The van der Waals surface area contributed by atoms with E-state index in [1.807, 2.05) is 25.1 Å². The maximum atomic E-state index is 12.3. The first-order valence-corrected chi connectivity index (χ1v) is 10.9. The highest BCUT2D eigenvalue weighted by atomic mass is 31.2. The lowest BCUT2D eigenvalue weighted by atomic mass is 10.2. The van der Waals surface area contributed by atoms with E-state index in [0.717, 1.165) is 5.56 Å². The normalized spacial score (nSPS) is 12.2. The number of benzene rings is 2. The monoisotopic (exact) mass is 402 g/mol. The molecular weight excluding hydrogens is 378 g/mol. The molecule has 0 aliphatic rings. The minimum absolute atomic E-state index is 0.269. The first-order chi connectivity index (χ1) is 12.4. The molecule has 0 aliphatic heterocycles. The van der Waals surface area contributed by atoms with Crippen molar-refractivity contribution < 1.29 is 33.1 Å². The molecule has 0 heterocycles. The summed E-state index contributed by atoms with van der Waals surface area (Å²) < 4.78 is 32.4. The van der Waals surface area contributed by atoms with Crippen molar-refractivity contribution in [2.75, 3.05) is 13.2 Å². The predicted octanol–water partition coefficient (Wildman–Crippen LogP) is 3.53. The molecule has 0 amide bonds.